The Morgan fingerprint density at radius 1 is 0.517 bits per heavy atom. The van der Waals surface area contributed by atoms with Gasteiger partial charge in [-0.25, -0.2) is 0 Å². The molecule has 10 heteroatoms. The zero-order valence-electron chi connectivity index (χ0n) is 39.1. The van der Waals surface area contributed by atoms with Gasteiger partial charge in [-0.15, -0.1) is 0 Å². The molecule has 8 atom stereocenters. The molecular formula is C50H99NO9. The van der Waals surface area contributed by atoms with Crippen molar-refractivity contribution in [2.75, 3.05) is 13.2 Å². The molecule has 10 nitrogen and oxygen atoms in total. The van der Waals surface area contributed by atoms with Gasteiger partial charge >= 0.3 is 0 Å². The van der Waals surface area contributed by atoms with Crippen molar-refractivity contribution in [3.05, 3.63) is 0 Å². The summed E-state index contributed by atoms with van der Waals surface area (Å²) in [5.74, 6) is -0.252. The van der Waals surface area contributed by atoms with Crippen LogP contribution in [0.2, 0.25) is 0 Å². The van der Waals surface area contributed by atoms with Crippen LogP contribution >= 0.6 is 0 Å². The fourth-order valence-electron chi connectivity index (χ4n) is 8.61. The highest BCUT2D eigenvalue weighted by molar-refractivity contribution is 5.76. The van der Waals surface area contributed by atoms with E-state index in [-0.39, 0.29) is 18.9 Å². The topological polar surface area (TPSA) is 169 Å². The van der Waals surface area contributed by atoms with E-state index in [1.165, 1.54) is 186 Å². The minimum absolute atomic E-state index is 0.252. The summed E-state index contributed by atoms with van der Waals surface area (Å²) < 4.78 is 11.2. The van der Waals surface area contributed by atoms with E-state index in [2.05, 4.69) is 19.2 Å². The van der Waals surface area contributed by atoms with Crippen LogP contribution in [0.1, 0.15) is 251 Å². The third-order valence-electron chi connectivity index (χ3n) is 12.8. The Morgan fingerprint density at radius 2 is 0.867 bits per heavy atom. The minimum atomic E-state index is -1.60. The van der Waals surface area contributed by atoms with Gasteiger partial charge in [-0.1, -0.05) is 232 Å². The average molecular weight is 858 g/mol. The van der Waals surface area contributed by atoms with Crippen molar-refractivity contribution >= 4 is 5.91 Å². The number of aliphatic hydroxyl groups is 6. The lowest BCUT2D eigenvalue weighted by Gasteiger charge is -2.40. The van der Waals surface area contributed by atoms with E-state index in [0.717, 1.165) is 38.5 Å². The summed E-state index contributed by atoms with van der Waals surface area (Å²) in [6.07, 6.45) is 35.5. The zero-order chi connectivity index (χ0) is 43.9. The smallest absolute Gasteiger partial charge is 0.220 e. The predicted octanol–water partition coefficient (Wildman–Crippen LogP) is 10.5. The maximum absolute atomic E-state index is 13.0. The second kappa shape index (κ2) is 40.9. The van der Waals surface area contributed by atoms with Crippen molar-refractivity contribution in [1.29, 1.82) is 0 Å². The van der Waals surface area contributed by atoms with Gasteiger partial charge in [0.05, 0.1) is 25.4 Å². The number of carbonyl (C=O) groups excluding carboxylic acids is 1. The van der Waals surface area contributed by atoms with Crippen LogP contribution in [-0.2, 0) is 14.3 Å². The molecule has 0 aromatic rings. The maximum Gasteiger partial charge on any atom is 0.220 e. The van der Waals surface area contributed by atoms with Gasteiger partial charge in [-0.3, -0.25) is 4.79 Å². The highest BCUT2D eigenvalue weighted by Gasteiger charge is 2.44. The second-order valence-electron chi connectivity index (χ2n) is 18.5. The quantitative estimate of drug-likeness (QED) is 0.0295. The van der Waals surface area contributed by atoms with Crippen molar-refractivity contribution in [3.63, 3.8) is 0 Å². The van der Waals surface area contributed by atoms with E-state index < -0.39 is 55.6 Å². The van der Waals surface area contributed by atoms with Crippen molar-refractivity contribution in [2.45, 2.75) is 300 Å². The van der Waals surface area contributed by atoms with E-state index in [4.69, 9.17) is 9.47 Å². The Hall–Kier alpha value is -0.850. The summed E-state index contributed by atoms with van der Waals surface area (Å²) >= 11 is 0. The monoisotopic (exact) mass is 858 g/mol. The number of carbonyl (C=O) groups is 1. The summed E-state index contributed by atoms with van der Waals surface area (Å²) in [7, 11) is 0. The Balaban J connectivity index is 2.26. The lowest BCUT2D eigenvalue weighted by atomic mass is 9.98. The van der Waals surface area contributed by atoms with Crippen LogP contribution in [0, 0.1) is 0 Å². The van der Waals surface area contributed by atoms with E-state index >= 15 is 0 Å². The lowest BCUT2D eigenvalue weighted by Crippen LogP contribution is -2.60. The van der Waals surface area contributed by atoms with E-state index in [1.54, 1.807) is 0 Å². The first-order chi connectivity index (χ1) is 29.3. The molecule has 1 amide bonds. The van der Waals surface area contributed by atoms with Crippen LogP contribution in [0.5, 0.6) is 0 Å². The van der Waals surface area contributed by atoms with Crippen LogP contribution in [0.4, 0.5) is 0 Å². The Labute approximate surface area is 368 Å². The first kappa shape index (κ1) is 57.2. The molecule has 1 saturated heterocycles. The van der Waals surface area contributed by atoms with Crippen LogP contribution in [0.25, 0.3) is 0 Å². The SMILES string of the molecule is CCCCCCCCCCCCCCCCCCCCCCCCCC(=O)N[C@@H](COC1OC(CO)C(O)C(O)C1O)[C@H](O)[C@H](O)CCCCCCCCCCCCCC. The standard InChI is InChI=1S/C50H99NO9/c1-3-5-7-9-11-13-15-17-18-19-20-21-22-23-24-25-26-27-29-31-33-35-37-39-45(54)51-42(41-59-50-49(58)48(57)47(56)44(40-52)60-50)46(55)43(53)38-36-34-32-30-28-16-14-12-10-8-6-4-2/h42-44,46-50,52-53,55-58H,3-41H2,1-2H3,(H,51,54)/t42-,43+,44?,46-,47?,48?,49?,50?/m0/s1. The number of unbranched alkanes of at least 4 members (excludes halogenated alkanes) is 33. The fourth-order valence-corrected chi connectivity index (χ4v) is 8.61. The second-order valence-corrected chi connectivity index (χ2v) is 18.5. The molecule has 0 saturated carbocycles. The molecule has 1 aliphatic heterocycles. The minimum Gasteiger partial charge on any atom is -0.394 e. The van der Waals surface area contributed by atoms with Gasteiger partial charge < -0.3 is 45.4 Å². The Bertz CT molecular complexity index is 926. The van der Waals surface area contributed by atoms with E-state index in [1.807, 2.05) is 0 Å². The summed E-state index contributed by atoms with van der Waals surface area (Å²) in [6, 6.07) is -0.985. The summed E-state index contributed by atoms with van der Waals surface area (Å²) in [5.41, 5.74) is 0. The highest BCUT2D eigenvalue weighted by Crippen LogP contribution is 2.23. The molecule has 7 N–H and O–H groups in total. The molecule has 0 aliphatic carbocycles. The van der Waals surface area contributed by atoms with E-state index in [0.29, 0.717) is 6.42 Å². The van der Waals surface area contributed by atoms with Crippen molar-refractivity contribution < 1.29 is 44.9 Å². The average Bonchev–Trinajstić information content (AvgIpc) is 3.25. The number of amides is 1. The molecule has 1 heterocycles. The van der Waals surface area contributed by atoms with Gasteiger partial charge in [0, 0.05) is 6.42 Å². The molecule has 358 valence electrons. The number of hydrogen-bond donors (Lipinski definition) is 7. The third kappa shape index (κ3) is 30.3. The normalized spacial score (nSPS) is 21.0. The molecule has 0 spiro atoms. The molecule has 1 fully saturated rings. The molecule has 1 aliphatic rings. The van der Waals surface area contributed by atoms with Crippen LogP contribution in [0.15, 0.2) is 0 Å². The first-order valence-corrected chi connectivity index (χ1v) is 25.8. The lowest BCUT2D eigenvalue weighted by molar-refractivity contribution is -0.303. The van der Waals surface area contributed by atoms with Crippen LogP contribution in [-0.4, -0.2) is 98.7 Å². The molecule has 0 bridgehead atoms. The fraction of sp³-hybridized carbons (Fsp3) is 0.980. The molecule has 1 rings (SSSR count). The molecule has 0 radical (unpaired) electrons. The predicted molar refractivity (Wildman–Crippen MR) is 246 cm³/mol. The first-order valence-electron chi connectivity index (χ1n) is 25.8. The van der Waals surface area contributed by atoms with Gasteiger partial charge in [0.15, 0.2) is 6.29 Å². The Kier molecular flexibility index (Phi) is 39.0. The third-order valence-corrected chi connectivity index (χ3v) is 12.8. The van der Waals surface area contributed by atoms with Crippen molar-refractivity contribution in [2.24, 2.45) is 0 Å². The van der Waals surface area contributed by atoms with Gasteiger partial charge in [-0.05, 0) is 12.8 Å². The van der Waals surface area contributed by atoms with Gasteiger partial charge in [0.25, 0.3) is 0 Å². The Morgan fingerprint density at radius 3 is 1.23 bits per heavy atom. The van der Waals surface area contributed by atoms with Crippen LogP contribution < -0.4 is 5.32 Å². The van der Waals surface area contributed by atoms with Crippen LogP contribution in [0.3, 0.4) is 0 Å². The summed E-state index contributed by atoms with van der Waals surface area (Å²) in [5, 5.41) is 65.3. The van der Waals surface area contributed by atoms with Gasteiger partial charge in [-0.2, -0.15) is 0 Å². The van der Waals surface area contributed by atoms with Crippen molar-refractivity contribution in [3.8, 4) is 0 Å². The van der Waals surface area contributed by atoms with Gasteiger partial charge in [0.1, 0.15) is 30.5 Å². The summed E-state index contributed by atoms with van der Waals surface area (Å²) in [4.78, 5) is 13.0. The number of nitrogens with one attached hydrogen (secondary N) is 1. The molecule has 60 heavy (non-hydrogen) atoms. The highest BCUT2D eigenvalue weighted by atomic mass is 16.7. The van der Waals surface area contributed by atoms with Crippen molar-refractivity contribution in [1.82, 2.24) is 5.32 Å². The number of ether oxygens (including phenoxy) is 2. The molecule has 5 unspecified atom stereocenters. The molecular weight excluding hydrogens is 759 g/mol. The number of rotatable bonds is 44. The number of aliphatic hydroxyl groups excluding tert-OH is 6. The zero-order valence-corrected chi connectivity index (χ0v) is 39.1. The number of hydrogen-bond acceptors (Lipinski definition) is 9. The maximum atomic E-state index is 13.0. The van der Waals surface area contributed by atoms with Gasteiger partial charge in [0.2, 0.25) is 5.91 Å². The summed E-state index contributed by atoms with van der Waals surface area (Å²) in [6.45, 7) is 3.63. The molecule has 0 aromatic heterocycles. The van der Waals surface area contributed by atoms with E-state index in [9.17, 15) is 35.4 Å². The largest absolute Gasteiger partial charge is 0.394 e. The molecule has 0 aromatic carbocycles.